The normalized spacial score (nSPS) is 43.3. The zero-order chi connectivity index (χ0) is 89.0. The van der Waals surface area contributed by atoms with Crippen molar-refractivity contribution in [3.63, 3.8) is 0 Å². The molecule has 8 fully saturated rings. The number of nitrogens with one attached hydrogen (secondary N) is 6. The van der Waals surface area contributed by atoms with Gasteiger partial charge in [0.15, 0.2) is 50.3 Å². The monoisotopic (exact) mass is 1760 g/mol. The van der Waals surface area contributed by atoms with Crippen molar-refractivity contribution in [1.29, 1.82) is 0 Å². The molecule has 694 valence electrons. The Hall–Kier alpha value is -5.30. The van der Waals surface area contributed by atoms with Gasteiger partial charge in [0.25, 0.3) is 0 Å². The van der Waals surface area contributed by atoms with E-state index in [4.69, 9.17) is 75.8 Å². The smallest absolute Gasteiger partial charge is 0.217 e. The third kappa shape index (κ3) is 23.6. The highest BCUT2D eigenvalue weighted by molar-refractivity contribution is 5.75. The van der Waals surface area contributed by atoms with E-state index >= 15 is 0 Å². The van der Waals surface area contributed by atoms with Crippen LogP contribution in [0.15, 0.2) is 24.4 Å². The third-order valence-electron chi connectivity index (χ3n) is 21.4. The summed E-state index contributed by atoms with van der Waals surface area (Å²) in [7, 11) is 0. The van der Waals surface area contributed by atoms with E-state index in [1.807, 2.05) is 0 Å². The number of anilines is 1. The zero-order valence-electron chi connectivity index (χ0n) is 65.5. The van der Waals surface area contributed by atoms with Gasteiger partial charge in [0.2, 0.25) is 29.5 Å². The van der Waals surface area contributed by atoms with Crippen molar-refractivity contribution in [2.45, 2.75) is 304 Å². The van der Waals surface area contributed by atoms with Gasteiger partial charge in [0.05, 0.1) is 65.5 Å². The molecule has 52 nitrogen and oxygen atoms in total. The average Bonchev–Trinajstić information content (AvgIpc) is 0.755. The Morgan fingerprint density at radius 2 is 0.727 bits per heavy atom. The number of hydrogen-bond donors (Lipinski definition) is 30. The Bertz CT molecular complexity index is 3390. The molecule has 0 bridgehead atoms. The first kappa shape index (κ1) is 99.5. The lowest BCUT2D eigenvalue weighted by molar-refractivity contribution is -0.402. The van der Waals surface area contributed by atoms with Gasteiger partial charge < -0.3 is 230 Å². The lowest BCUT2D eigenvalue weighted by atomic mass is 9.94. The summed E-state index contributed by atoms with van der Waals surface area (Å²) in [5.74, 6) is -4.22. The Morgan fingerprint density at radius 1 is 0.364 bits per heavy atom. The molecule has 0 saturated carbocycles. The van der Waals surface area contributed by atoms with Gasteiger partial charge in [-0.1, -0.05) is 6.07 Å². The van der Waals surface area contributed by atoms with E-state index in [-0.39, 0.29) is 12.4 Å². The highest BCUT2D eigenvalue weighted by Gasteiger charge is 2.61. The van der Waals surface area contributed by atoms with Crippen molar-refractivity contribution in [2.75, 3.05) is 71.3 Å². The van der Waals surface area contributed by atoms with Crippen LogP contribution in [0.25, 0.3) is 0 Å². The van der Waals surface area contributed by atoms with Crippen LogP contribution in [-0.4, -0.2) is 493 Å². The Kier molecular flexibility index (Phi) is 36.9. The zero-order valence-corrected chi connectivity index (χ0v) is 65.5. The standard InChI is InChI=1S/C69H113N7O45/c1-20(85)72-25(10-71-35-8-6-7-9-70-35)40(91)55(26(90)11-77)115-64-38(75-23(4)88)48(99)57(32(17-83)111-64)118-67-54(105)59(119-69-61(121-63-37(74-22(3)87)47(98)42(93)28(13-79)108-63)53(104)58(33(18-84)113-69)116-62-36(73-21(2)86)46(97)41(92)27(12-78)107-62)45(96)34(114-67)19-106-68-60(51(102)44(95)30(15-81)110-68)120-65-39(76-24(5)89)49(100)56(31(16-82)112-65)117-66-52(103)50(101)43(94)29(14-80)109-66/h6-9,25-34,36-69,77-84,90-105H,10-19H2,1-5H3,(H,70,71)(H,72,85)(H,73,86)(H,74,87)(H,75,88)(H,76,89)/t25-,26+,27+,28+,29+,30+,31+,32+,33+,34+,36+,37+,38+,39+,40+,41+,42+,43-,44+,45+,46+,47+,48+,49+,50-,51-,52+,53-,54-,55+,56+,57+,58+,59-,60-,61-,62-,63-,64-,65-,66-,67-,68-,69+/m0/s1. The van der Waals surface area contributed by atoms with Gasteiger partial charge in [-0.3, -0.25) is 24.0 Å². The van der Waals surface area contributed by atoms with Crippen molar-refractivity contribution < 1.29 is 222 Å². The van der Waals surface area contributed by atoms with E-state index in [9.17, 15) is 147 Å². The molecular formula is C69H113N7O45. The van der Waals surface area contributed by atoms with Crippen LogP contribution in [0, 0.1) is 0 Å². The van der Waals surface area contributed by atoms with E-state index in [1.54, 1.807) is 12.1 Å². The number of aliphatic hydroxyl groups excluding tert-OH is 24. The Balaban J connectivity index is 1.10. The van der Waals surface area contributed by atoms with E-state index in [0.29, 0.717) is 0 Å². The molecule has 8 saturated heterocycles. The molecule has 0 radical (unpaired) electrons. The number of carbonyl (C=O) groups is 5. The fraction of sp³-hybridized carbons (Fsp3) is 0.855. The highest BCUT2D eigenvalue weighted by Crippen LogP contribution is 2.40. The maximum atomic E-state index is 13.2. The largest absolute Gasteiger partial charge is 0.394 e. The van der Waals surface area contributed by atoms with Crippen LogP contribution in [0.3, 0.4) is 0 Å². The molecule has 52 heteroatoms. The molecule has 1 aromatic heterocycles. The van der Waals surface area contributed by atoms with Crippen LogP contribution in [0.2, 0.25) is 0 Å². The highest BCUT2D eigenvalue weighted by atomic mass is 16.8. The molecular weight excluding hydrogens is 1650 g/mol. The number of nitrogens with zero attached hydrogens (tertiary/aromatic N) is 1. The lowest BCUT2D eigenvalue weighted by Gasteiger charge is -2.51. The molecule has 0 spiro atoms. The van der Waals surface area contributed by atoms with Crippen molar-refractivity contribution in [2.24, 2.45) is 0 Å². The number of amides is 5. The first-order valence-electron chi connectivity index (χ1n) is 38.6. The van der Waals surface area contributed by atoms with Gasteiger partial charge in [0.1, 0.15) is 219 Å². The van der Waals surface area contributed by atoms with Crippen molar-refractivity contribution in [3.05, 3.63) is 24.4 Å². The maximum Gasteiger partial charge on any atom is 0.217 e. The summed E-state index contributed by atoms with van der Waals surface area (Å²) >= 11 is 0. The Morgan fingerprint density at radius 3 is 1.17 bits per heavy atom. The molecule has 5 amide bonds. The van der Waals surface area contributed by atoms with Gasteiger partial charge >= 0.3 is 0 Å². The predicted octanol–water partition coefficient (Wildman–Crippen LogP) is -18.8. The van der Waals surface area contributed by atoms with Gasteiger partial charge in [-0.2, -0.15) is 0 Å². The molecule has 9 heterocycles. The summed E-state index contributed by atoms with van der Waals surface area (Å²) in [5, 5.41) is 286. The molecule has 121 heavy (non-hydrogen) atoms. The van der Waals surface area contributed by atoms with E-state index in [1.165, 1.54) is 12.3 Å². The summed E-state index contributed by atoms with van der Waals surface area (Å²) in [6, 6.07) is -4.34. The van der Waals surface area contributed by atoms with Gasteiger partial charge in [0, 0.05) is 47.4 Å². The molecule has 0 aromatic carbocycles. The fourth-order valence-electron chi connectivity index (χ4n) is 15.2. The third-order valence-corrected chi connectivity index (χ3v) is 21.4. The van der Waals surface area contributed by atoms with Gasteiger partial charge in [-0.05, 0) is 12.1 Å². The summed E-state index contributed by atoms with van der Waals surface area (Å²) in [6.07, 6.45) is -81.9. The predicted molar refractivity (Wildman–Crippen MR) is 383 cm³/mol. The van der Waals surface area contributed by atoms with Crippen molar-refractivity contribution >= 4 is 35.4 Å². The summed E-state index contributed by atoms with van der Waals surface area (Å²) in [6.45, 7) is -5.76. The number of pyridine rings is 1. The minimum Gasteiger partial charge on any atom is -0.394 e. The van der Waals surface area contributed by atoms with Crippen LogP contribution in [0.5, 0.6) is 0 Å². The van der Waals surface area contributed by atoms with Crippen LogP contribution in [0.4, 0.5) is 5.82 Å². The first-order chi connectivity index (χ1) is 57.4. The quantitative estimate of drug-likeness (QED) is 0.0297. The number of carbonyl (C=O) groups excluding carboxylic acids is 5. The van der Waals surface area contributed by atoms with Gasteiger partial charge in [-0.25, -0.2) is 4.98 Å². The van der Waals surface area contributed by atoms with E-state index in [0.717, 1.165) is 34.6 Å². The van der Waals surface area contributed by atoms with Crippen molar-refractivity contribution in [1.82, 2.24) is 31.6 Å². The molecule has 8 aliphatic rings. The fourth-order valence-corrected chi connectivity index (χ4v) is 15.2. The molecule has 44 atom stereocenters. The van der Waals surface area contributed by atoms with E-state index in [2.05, 4.69) is 36.9 Å². The second kappa shape index (κ2) is 44.9. The molecule has 0 unspecified atom stereocenters. The molecule has 30 N–H and O–H groups in total. The van der Waals surface area contributed by atoms with Crippen LogP contribution in [-0.2, 0) is 99.8 Å². The van der Waals surface area contributed by atoms with Crippen LogP contribution in [0.1, 0.15) is 34.6 Å². The SMILES string of the molecule is CC(=O)N[C@H]1[C@H](O[C@@H]([C@H](O)[C@H](CNc2ccccn2)NC(C)=O)[C@H](O)CO)O[C@H](CO)[C@@H](O[C@@H]2O[C@H](CO[C@H]3O[C@H](CO)[C@@H](O)[C@H](O)[C@@H]3O[C@@H]3O[C@H](CO)[C@@H](O[C@@H]4O[C@H](CO)[C@H](O)[C@H](O)[C@H]4O)[C@H](O)[C@H]3NC(C)=O)[C@@H](O)[C@H](O[C@H]3O[C@H](CO)[C@@H](O[C@@H]4O[C@H](CO)[C@@H](O)[C@H](O)[C@H]4NC(C)=O)[C@H](O)[C@@H]3O[C@@H]3O[C@H](CO)[C@@H](O)[C@H](O)[C@H]3NC(C)=O)[C@@H]2O)[C@@H]1O. The molecule has 1 aromatic rings. The number of aromatic nitrogens is 1. The minimum absolute atomic E-state index is 0.236. The number of hydrogen-bond acceptors (Lipinski definition) is 47. The molecule has 8 aliphatic heterocycles. The second-order valence-corrected chi connectivity index (χ2v) is 30.1. The number of rotatable bonds is 36. The summed E-state index contributed by atoms with van der Waals surface area (Å²) < 4.78 is 96.9. The summed E-state index contributed by atoms with van der Waals surface area (Å²) in [5.41, 5.74) is 0. The van der Waals surface area contributed by atoms with E-state index < -0.39 is 359 Å². The number of aliphatic hydroxyl groups is 24. The van der Waals surface area contributed by atoms with Gasteiger partial charge in [-0.15, -0.1) is 0 Å². The maximum absolute atomic E-state index is 13.2. The lowest BCUT2D eigenvalue weighted by Crippen LogP contribution is -2.71. The Labute approximate surface area is 687 Å². The second-order valence-electron chi connectivity index (χ2n) is 30.1. The van der Waals surface area contributed by atoms with Crippen LogP contribution >= 0.6 is 0 Å². The minimum atomic E-state index is -2.64. The first-order valence-corrected chi connectivity index (χ1v) is 38.6. The molecule has 9 rings (SSSR count). The molecule has 0 aliphatic carbocycles. The number of ether oxygens (including phenoxy) is 16. The van der Waals surface area contributed by atoms with Crippen LogP contribution < -0.4 is 31.9 Å². The topological polar surface area (TPSA) is 804 Å². The average molecular weight is 1760 g/mol. The summed E-state index contributed by atoms with van der Waals surface area (Å²) in [4.78, 5) is 68.4. The van der Waals surface area contributed by atoms with Crippen molar-refractivity contribution in [3.8, 4) is 0 Å².